The van der Waals surface area contributed by atoms with E-state index in [0.717, 1.165) is 5.01 Å². The van der Waals surface area contributed by atoms with Crippen LogP contribution in [-0.2, 0) is 16.0 Å². The number of hydrogen-bond acceptors (Lipinski definition) is 5. The lowest BCUT2D eigenvalue weighted by Crippen LogP contribution is -2.46. The third-order valence-corrected chi connectivity index (χ3v) is 3.20. The number of aromatic nitrogens is 1. The quantitative estimate of drug-likeness (QED) is 0.546. The van der Waals surface area contributed by atoms with Crippen LogP contribution in [0.1, 0.15) is 17.8 Å². The Morgan fingerprint density at radius 2 is 2.10 bits per heavy atom. The number of aliphatic carboxylic acids is 2. The summed E-state index contributed by atoms with van der Waals surface area (Å²) in [6.45, 7) is 0.324. The summed E-state index contributed by atoms with van der Waals surface area (Å²) >= 11 is 1.46. The summed E-state index contributed by atoms with van der Waals surface area (Å²) in [6, 6.07) is -1.86. The van der Waals surface area contributed by atoms with Crippen LogP contribution in [0.5, 0.6) is 0 Å². The van der Waals surface area contributed by atoms with Crippen molar-refractivity contribution in [2.75, 3.05) is 6.54 Å². The molecule has 1 rings (SSSR count). The van der Waals surface area contributed by atoms with Gasteiger partial charge in [-0.15, -0.1) is 11.3 Å². The minimum atomic E-state index is -1.26. The molecule has 1 heterocycles. The molecular weight excluding hydrogens is 286 g/mol. The summed E-state index contributed by atoms with van der Waals surface area (Å²) in [7, 11) is 0. The Kier molecular flexibility index (Phi) is 6.44. The number of urea groups is 1. The summed E-state index contributed by atoms with van der Waals surface area (Å²) in [5.41, 5.74) is 0. The largest absolute Gasteiger partial charge is 0.481 e. The SMILES string of the molecule is O=C(O)CC[C@H](NC(=O)NCCc1nccs1)C(=O)O. The highest BCUT2D eigenvalue weighted by atomic mass is 32.1. The van der Waals surface area contributed by atoms with Crippen molar-refractivity contribution in [3.63, 3.8) is 0 Å². The summed E-state index contributed by atoms with van der Waals surface area (Å²) in [5, 5.41) is 24.8. The first kappa shape index (κ1) is 15.9. The third-order valence-electron chi connectivity index (χ3n) is 2.36. The van der Waals surface area contributed by atoms with Crippen LogP contribution in [0, 0.1) is 0 Å². The zero-order chi connectivity index (χ0) is 15.0. The maximum Gasteiger partial charge on any atom is 0.326 e. The molecule has 0 saturated heterocycles. The molecule has 0 aromatic carbocycles. The van der Waals surface area contributed by atoms with Crippen LogP contribution in [0.15, 0.2) is 11.6 Å². The zero-order valence-electron chi connectivity index (χ0n) is 10.5. The van der Waals surface area contributed by atoms with Crippen LogP contribution in [0.3, 0.4) is 0 Å². The van der Waals surface area contributed by atoms with Crippen molar-refractivity contribution in [3.8, 4) is 0 Å². The Bertz CT molecular complexity index is 463. The number of rotatable bonds is 8. The second-order valence-corrected chi connectivity index (χ2v) is 4.88. The van der Waals surface area contributed by atoms with Crippen molar-refractivity contribution < 1.29 is 24.6 Å². The first-order chi connectivity index (χ1) is 9.49. The summed E-state index contributed by atoms with van der Waals surface area (Å²) < 4.78 is 0. The van der Waals surface area contributed by atoms with Crippen molar-refractivity contribution in [2.24, 2.45) is 0 Å². The first-order valence-electron chi connectivity index (χ1n) is 5.86. The van der Waals surface area contributed by atoms with Crippen LogP contribution in [0.2, 0.25) is 0 Å². The number of thiazole rings is 1. The maximum atomic E-state index is 11.5. The van der Waals surface area contributed by atoms with Crippen molar-refractivity contribution in [1.29, 1.82) is 0 Å². The number of amides is 2. The van der Waals surface area contributed by atoms with E-state index in [0.29, 0.717) is 13.0 Å². The van der Waals surface area contributed by atoms with Gasteiger partial charge in [-0.05, 0) is 6.42 Å². The highest BCUT2D eigenvalue weighted by Gasteiger charge is 2.20. The molecule has 1 atom stereocenters. The van der Waals surface area contributed by atoms with Crippen molar-refractivity contribution in [3.05, 3.63) is 16.6 Å². The number of hydrogen-bond donors (Lipinski definition) is 4. The molecule has 20 heavy (non-hydrogen) atoms. The van der Waals surface area contributed by atoms with Gasteiger partial charge in [-0.3, -0.25) is 4.79 Å². The lowest BCUT2D eigenvalue weighted by Gasteiger charge is -2.14. The minimum absolute atomic E-state index is 0.162. The number of carbonyl (C=O) groups is 3. The number of carbonyl (C=O) groups excluding carboxylic acids is 1. The van der Waals surface area contributed by atoms with Crippen molar-refractivity contribution in [1.82, 2.24) is 15.6 Å². The molecule has 0 unspecified atom stereocenters. The van der Waals surface area contributed by atoms with E-state index in [9.17, 15) is 14.4 Å². The van der Waals surface area contributed by atoms with E-state index in [1.807, 2.05) is 5.38 Å². The predicted octanol–water partition coefficient (Wildman–Crippen LogP) is 0.303. The molecule has 2 amide bonds. The van der Waals surface area contributed by atoms with Gasteiger partial charge in [0, 0.05) is 31.0 Å². The molecule has 8 nitrogen and oxygen atoms in total. The van der Waals surface area contributed by atoms with Gasteiger partial charge in [0.05, 0.1) is 5.01 Å². The van der Waals surface area contributed by atoms with Gasteiger partial charge in [0.1, 0.15) is 6.04 Å². The molecule has 0 aliphatic rings. The first-order valence-corrected chi connectivity index (χ1v) is 6.74. The van der Waals surface area contributed by atoms with E-state index in [4.69, 9.17) is 10.2 Å². The van der Waals surface area contributed by atoms with Gasteiger partial charge in [-0.25, -0.2) is 14.6 Å². The Hall–Kier alpha value is -2.16. The number of carboxylic acids is 2. The van der Waals surface area contributed by atoms with Crippen LogP contribution in [-0.4, -0.2) is 45.8 Å². The molecular formula is C11H15N3O5S. The molecule has 0 aliphatic carbocycles. The van der Waals surface area contributed by atoms with Crippen LogP contribution >= 0.6 is 11.3 Å². The summed E-state index contributed by atoms with van der Waals surface area (Å²) in [6.07, 6.45) is 1.73. The number of carboxylic acid groups (broad SMARTS) is 2. The van der Waals surface area contributed by atoms with E-state index >= 15 is 0 Å². The number of nitrogens with one attached hydrogen (secondary N) is 2. The zero-order valence-corrected chi connectivity index (χ0v) is 11.4. The van der Waals surface area contributed by atoms with Gasteiger partial charge in [0.2, 0.25) is 0 Å². The third kappa shape index (κ3) is 6.14. The molecule has 9 heteroatoms. The van der Waals surface area contributed by atoms with Gasteiger partial charge in [0.25, 0.3) is 0 Å². The van der Waals surface area contributed by atoms with Crippen LogP contribution in [0.25, 0.3) is 0 Å². The smallest absolute Gasteiger partial charge is 0.326 e. The Morgan fingerprint density at radius 1 is 1.35 bits per heavy atom. The van der Waals surface area contributed by atoms with E-state index in [1.54, 1.807) is 6.20 Å². The molecule has 1 aromatic heterocycles. The average Bonchev–Trinajstić information content (AvgIpc) is 2.87. The van der Waals surface area contributed by atoms with E-state index < -0.39 is 24.0 Å². The molecule has 4 N–H and O–H groups in total. The Balaban J connectivity index is 2.30. The van der Waals surface area contributed by atoms with Gasteiger partial charge in [-0.2, -0.15) is 0 Å². The molecule has 0 aliphatic heterocycles. The highest BCUT2D eigenvalue weighted by molar-refractivity contribution is 7.09. The van der Waals surface area contributed by atoms with E-state index in [2.05, 4.69) is 15.6 Å². The summed E-state index contributed by atoms with van der Waals surface area (Å²) in [4.78, 5) is 36.8. The van der Waals surface area contributed by atoms with Crippen LogP contribution in [0.4, 0.5) is 4.79 Å². The minimum Gasteiger partial charge on any atom is -0.481 e. The predicted molar refractivity (Wildman–Crippen MR) is 70.6 cm³/mol. The molecule has 110 valence electrons. The highest BCUT2D eigenvalue weighted by Crippen LogP contribution is 2.03. The lowest BCUT2D eigenvalue weighted by atomic mass is 10.1. The fourth-order valence-corrected chi connectivity index (χ4v) is 2.01. The molecule has 0 spiro atoms. The fourth-order valence-electron chi connectivity index (χ4n) is 1.39. The van der Waals surface area contributed by atoms with Gasteiger partial charge >= 0.3 is 18.0 Å². The lowest BCUT2D eigenvalue weighted by molar-refractivity contribution is -0.140. The second-order valence-electron chi connectivity index (χ2n) is 3.90. The monoisotopic (exact) mass is 301 g/mol. The molecule has 1 aromatic rings. The summed E-state index contributed by atoms with van der Waals surface area (Å²) in [5.74, 6) is -2.37. The van der Waals surface area contributed by atoms with E-state index in [-0.39, 0.29) is 12.8 Å². The van der Waals surface area contributed by atoms with Gasteiger partial charge in [-0.1, -0.05) is 0 Å². The normalized spacial score (nSPS) is 11.6. The Morgan fingerprint density at radius 3 is 2.65 bits per heavy atom. The van der Waals surface area contributed by atoms with Gasteiger partial charge in [0.15, 0.2) is 0 Å². The maximum absolute atomic E-state index is 11.5. The molecule has 0 fully saturated rings. The fraction of sp³-hybridized carbons (Fsp3) is 0.455. The topological polar surface area (TPSA) is 129 Å². The average molecular weight is 301 g/mol. The number of nitrogens with zero attached hydrogens (tertiary/aromatic N) is 1. The Labute approximate surface area is 118 Å². The van der Waals surface area contributed by atoms with Gasteiger partial charge < -0.3 is 20.8 Å². The standard InChI is InChI=1S/C11H15N3O5S/c15-9(16)2-1-7(10(17)18)14-11(19)13-4-3-8-12-5-6-20-8/h5-7H,1-4H2,(H,15,16)(H,17,18)(H2,13,14,19)/t7-/m0/s1. The van der Waals surface area contributed by atoms with Crippen LogP contribution < -0.4 is 10.6 Å². The second kappa shape index (κ2) is 8.10. The van der Waals surface area contributed by atoms with Crippen molar-refractivity contribution in [2.45, 2.75) is 25.3 Å². The van der Waals surface area contributed by atoms with Crippen molar-refractivity contribution >= 4 is 29.3 Å². The molecule has 0 bridgehead atoms. The molecule has 0 radical (unpaired) electrons. The van der Waals surface area contributed by atoms with E-state index in [1.165, 1.54) is 11.3 Å². The molecule has 0 saturated carbocycles.